The molecule has 7 nitrogen and oxygen atoms in total. The van der Waals surface area contributed by atoms with Crippen molar-refractivity contribution in [3.63, 3.8) is 0 Å². The van der Waals surface area contributed by atoms with Crippen LogP contribution in [-0.4, -0.2) is 31.1 Å². The summed E-state index contributed by atoms with van der Waals surface area (Å²) in [6.45, 7) is 1.97. The Morgan fingerprint density at radius 3 is 2.45 bits per heavy atom. The van der Waals surface area contributed by atoms with Crippen LogP contribution >= 0.6 is 11.3 Å². The molecule has 0 bridgehead atoms. The van der Waals surface area contributed by atoms with Crippen LogP contribution in [0.2, 0.25) is 0 Å². The molecule has 0 saturated heterocycles. The largest absolute Gasteiger partial charge is 0.322 e. The third-order valence-corrected chi connectivity index (χ3v) is 5.81. The van der Waals surface area contributed by atoms with Gasteiger partial charge in [0.1, 0.15) is 5.01 Å². The summed E-state index contributed by atoms with van der Waals surface area (Å²) in [6.07, 6.45) is 2.24. The average molecular weight is 402 g/mol. The maximum Gasteiger partial charge on any atom is 0.255 e. The molecule has 1 amide bonds. The molecule has 0 atom stereocenters. The number of nitrogens with zero attached hydrogens (tertiary/aromatic N) is 5. The van der Waals surface area contributed by atoms with Gasteiger partial charge in [0.15, 0.2) is 5.82 Å². The van der Waals surface area contributed by atoms with E-state index in [1.807, 2.05) is 65.5 Å². The minimum Gasteiger partial charge on any atom is -0.322 e. The molecule has 2 aromatic heterocycles. The normalized spacial score (nSPS) is 13.4. The number of carbonyl (C=O) groups is 1. The van der Waals surface area contributed by atoms with Crippen LogP contribution in [-0.2, 0) is 0 Å². The minimum atomic E-state index is -0.151. The van der Waals surface area contributed by atoms with Gasteiger partial charge in [-0.1, -0.05) is 12.1 Å². The molecule has 1 aliphatic carbocycles. The number of amides is 1. The lowest BCUT2D eigenvalue weighted by molar-refractivity contribution is 0.102. The number of nitrogens with one attached hydrogen (secondary N) is 1. The van der Waals surface area contributed by atoms with E-state index in [1.54, 1.807) is 11.3 Å². The van der Waals surface area contributed by atoms with Crippen molar-refractivity contribution in [2.45, 2.75) is 25.8 Å². The highest BCUT2D eigenvalue weighted by Gasteiger charge is 2.28. The van der Waals surface area contributed by atoms with Gasteiger partial charge in [-0.25, -0.2) is 9.67 Å². The first-order valence-electron chi connectivity index (χ1n) is 9.39. The highest BCUT2D eigenvalue weighted by molar-refractivity contribution is 7.13. The molecule has 1 saturated carbocycles. The van der Waals surface area contributed by atoms with Crippen LogP contribution in [0.25, 0.3) is 22.0 Å². The van der Waals surface area contributed by atoms with E-state index < -0.39 is 0 Å². The summed E-state index contributed by atoms with van der Waals surface area (Å²) in [5.74, 6) is 0.612. The van der Waals surface area contributed by atoms with Crippen molar-refractivity contribution >= 4 is 22.9 Å². The molecule has 8 heteroatoms. The molecule has 1 fully saturated rings. The predicted octanol–water partition coefficient (Wildman–Crippen LogP) is 4.36. The summed E-state index contributed by atoms with van der Waals surface area (Å²) in [4.78, 5) is 17.0. The number of hydrogen-bond acceptors (Lipinski definition) is 6. The van der Waals surface area contributed by atoms with Crippen LogP contribution in [0.4, 0.5) is 5.69 Å². The zero-order valence-electron chi connectivity index (χ0n) is 15.7. The molecular formula is C21H18N6OS. The van der Waals surface area contributed by atoms with Crippen LogP contribution in [0.1, 0.15) is 34.9 Å². The van der Waals surface area contributed by atoms with E-state index in [2.05, 4.69) is 25.8 Å². The van der Waals surface area contributed by atoms with Gasteiger partial charge in [0.25, 0.3) is 5.91 Å². The predicted molar refractivity (Wildman–Crippen MR) is 112 cm³/mol. The Labute approximate surface area is 171 Å². The summed E-state index contributed by atoms with van der Waals surface area (Å²) in [5, 5.41) is 17.9. The number of benzene rings is 2. The first-order chi connectivity index (χ1) is 14.2. The van der Waals surface area contributed by atoms with Crippen LogP contribution in [0, 0.1) is 6.92 Å². The second kappa shape index (κ2) is 7.21. The Morgan fingerprint density at radius 2 is 1.79 bits per heavy atom. The minimum absolute atomic E-state index is 0.151. The van der Waals surface area contributed by atoms with Crippen molar-refractivity contribution < 1.29 is 4.79 Å². The summed E-state index contributed by atoms with van der Waals surface area (Å²) in [7, 11) is 0. The van der Waals surface area contributed by atoms with Crippen molar-refractivity contribution in [3.05, 3.63) is 65.2 Å². The highest BCUT2D eigenvalue weighted by Crippen LogP contribution is 2.36. The molecule has 1 aliphatic rings. The fourth-order valence-electron chi connectivity index (χ4n) is 3.11. The van der Waals surface area contributed by atoms with Crippen molar-refractivity contribution in [1.29, 1.82) is 0 Å². The quantitative estimate of drug-likeness (QED) is 0.536. The Balaban J connectivity index is 1.28. The standard InChI is InChI=1S/C21H18N6OS/c1-13-12-29-21(22-13)16-4-2-15(3-5-16)20(28)23-17-8-6-14(7-9-17)19-24-25-26-27(19)18-10-11-18/h2-9,12,18H,10-11H2,1H3,(H,23,28). The van der Waals surface area contributed by atoms with Gasteiger partial charge < -0.3 is 5.32 Å². The van der Waals surface area contributed by atoms with E-state index in [9.17, 15) is 4.79 Å². The zero-order chi connectivity index (χ0) is 19.8. The number of aryl methyl sites for hydroxylation is 1. The van der Waals surface area contributed by atoms with Crippen molar-refractivity contribution in [1.82, 2.24) is 25.2 Å². The summed E-state index contributed by atoms with van der Waals surface area (Å²) >= 11 is 1.60. The molecular weight excluding hydrogens is 384 g/mol. The molecule has 2 heterocycles. The molecule has 0 spiro atoms. The summed E-state index contributed by atoms with van der Waals surface area (Å²) in [5.41, 5.74) is 4.27. The van der Waals surface area contributed by atoms with Crippen LogP contribution in [0.3, 0.4) is 0 Å². The van der Waals surface area contributed by atoms with Gasteiger partial charge in [0.05, 0.1) is 6.04 Å². The Bertz CT molecular complexity index is 1160. The van der Waals surface area contributed by atoms with Crippen molar-refractivity contribution in [3.8, 4) is 22.0 Å². The van der Waals surface area contributed by atoms with Crippen molar-refractivity contribution in [2.24, 2.45) is 0 Å². The SMILES string of the molecule is Cc1csc(-c2ccc(C(=O)Nc3ccc(-c4nnnn4C4CC4)cc3)cc2)n1. The van der Waals surface area contributed by atoms with Gasteiger partial charge in [-0.15, -0.1) is 16.4 Å². The van der Waals surface area contributed by atoms with Crippen LogP contribution in [0.15, 0.2) is 53.9 Å². The Hall–Kier alpha value is -3.39. The first-order valence-corrected chi connectivity index (χ1v) is 10.3. The van der Waals surface area contributed by atoms with Crippen LogP contribution in [0.5, 0.6) is 0 Å². The molecule has 144 valence electrons. The number of hydrogen-bond donors (Lipinski definition) is 1. The monoisotopic (exact) mass is 402 g/mol. The van der Waals surface area contributed by atoms with Gasteiger partial charge in [-0.05, 0) is 66.6 Å². The topological polar surface area (TPSA) is 85.6 Å². The second-order valence-corrected chi connectivity index (χ2v) is 7.94. The van der Waals surface area contributed by atoms with E-state index in [1.165, 1.54) is 0 Å². The molecule has 0 radical (unpaired) electrons. The molecule has 4 aromatic rings. The molecule has 0 aliphatic heterocycles. The van der Waals surface area contributed by atoms with Gasteiger partial charge in [-0.3, -0.25) is 4.79 Å². The van der Waals surface area contributed by atoms with Gasteiger partial charge >= 0.3 is 0 Å². The van der Waals surface area contributed by atoms with E-state index in [4.69, 9.17) is 0 Å². The van der Waals surface area contributed by atoms with Gasteiger partial charge in [0.2, 0.25) is 0 Å². The maximum absolute atomic E-state index is 12.6. The number of thiazole rings is 1. The first kappa shape index (κ1) is 17.7. The van der Waals surface area contributed by atoms with Gasteiger partial charge in [0, 0.05) is 33.5 Å². The molecule has 0 unspecified atom stereocenters. The number of anilines is 1. The van der Waals surface area contributed by atoms with Crippen molar-refractivity contribution in [2.75, 3.05) is 5.32 Å². The Kier molecular flexibility index (Phi) is 4.40. The number of tetrazole rings is 1. The number of aromatic nitrogens is 5. The van der Waals surface area contributed by atoms with Gasteiger partial charge in [-0.2, -0.15) is 0 Å². The van der Waals surface area contributed by atoms with E-state index in [0.29, 0.717) is 11.6 Å². The Morgan fingerprint density at radius 1 is 1.07 bits per heavy atom. The summed E-state index contributed by atoms with van der Waals surface area (Å²) in [6, 6.07) is 15.5. The fraction of sp³-hybridized carbons (Fsp3) is 0.190. The third kappa shape index (κ3) is 3.66. The molecule has 2 aromatic carbocycles. The van der Waals surface area contributed by atoms with E-state index in [-0.39, 0.29) is 5.91 Å². The molecule has 1 N–H and O–H groups in total. The van der Waals surface area contributed by atoms with Crippen LogP contribution < -0.4 is 5.32 Å². The fourth-order valence-corrected chi connectivity index (χ4v) is 3.91. The smallest absolute Gasteiger partial charge is 0.255 e. The lowest BCUT2D eigenvalue weighted by Crippen LogP contribution is -2.11. The number of carbonyl (C=O) groups excluding carboxylic acids is 1. The number of rotatable bonds is 5. The second-order valence-electron chi connectivity index (χ2n) is 7.08. The third-order valence-electron chi connectivity index (χ3n) is 4.80. The molecule has 5 rings (SSSR count). The zero-order valence-corrected chi connectivity index (χ0v) is 16.6. The maximum atomic E-state index is 12.6. The highest BCUT2D eigenvalue weighted by atomic mass is 32.1. The van der Waals surface area contributed by atoms with E-state index in [0.717, 1.165) is 46.2 Å². The lowest BCUT2D eigenvalue weighted by atomic mass is 10.1. The average Bonchev–Trinajstić information content (AvgIpc) is 3.30. The van der Waals surface area contributed by atoms with E-state index >= 15 is 0 Å². The lowest BCUT2D eigenvalue weighted by Gasteiger charge is -2.07. The molecule has 29 heavy (non-hydrogen) atoms. The summed E-state index contributed by atoms with van der Waals surface area (Å²) < 4.78 is 1.87.